The molecule has 1 N–H and O–H groups in total. The molecule has 1 fully saturated rings. The van der Waals surface area contributed by atoms with Gasteiger partial charge in [-0.1, -0.05) is 29.8 Å². The summed E-state index contributed by atoms with van der Waals surface area (Å²) in [5.74, 6) is -1.93. The van der Waals surface area contributed by atoms with Crippen LogP contribution in [0.5, 0.6) is 0 Å². The second kappa shape index (κ2) is 6.72. The first kappa shape index (κ1) is 18.4. The molecule has 0 saturated carbocycles. The van der Waals surface area contributed by atoms with Gasteiger partial charge in [0.15, 0.2) is 0 Å². The molecular weight excluding hydrogens is 361 g/mol. The minimum Gasteiger partial charge on any atom is -0.479 e. The van der Waals surface area contributed by atoms with Crippen molar-refractivity contribution < 1.29 is 19.1 Å². The summed E-state index contributed by atoms with van der Waals surface area (Å²) in [6.45, 7) is 3.49. The van der Waals surface area contributed by atoms with E-state index in [-0.39, 0.29) is 13.0 Å². The number of carboxylic acid groups (broad SMARTS) is 1. The van der Waals surface area contributed by atoms with Gasteiger partial charge in [-0.15, -0.1) is 0 Å². The fraction of sp³-hybridized carbons (Fsp3) is 0.389. The third-order valence-electron chi connectivity index (χ3n) is 4.76. The van der Waals surface area contributed by atoms with Crippen molar-refractivity contribution in [2.45, 2.75) is 32.5 Å². The molecule has 0 spiro atoms. The number of hydrogen-bond donors (Lipinski definition) is 1. The molecule has 6 nitrogen and oxygen atoms in total. The predicted octanol–water partition coefficient (Wildman–Crippen LogP) is 2.84. The average molecular weight is 380 g/mol. The van der Waals surface area contributed by atoms with Crippen LogP contribution < -0.4 is 0 Å². The first-order valence-electron chi connectivity index (χ1n) is 8.22. The number of likely N-dealkylation sites (tertiary alicyclic amines) is 1. The van der Waals surface area contributed by atoms with E-state index in [0.29, 0.717) is 28.5 Å². The topological polar surface area (TPSA) is 75.4 Å². The van der Waals surface area contributed by atoms with Gasteiger partial charge in [0.2, 0.25) is 5.67 Å². The van der Waals surface area contributed by atoms with Gasteiger partial charge in [-0.25, -0.2) is 9.18 Å². The Hall–Kier alpha value is -2.41. The van der Waals surface area contributed by atoms with Crippen LogP contribution in [0.3, 0.4) is 0 Å². The van der Waals surface area contributed by atoms with Gasteiger partial charge in [0.25, 0.3) is 5.91 Å². The molecule has 1 saturated heterocycles. The lowest BCUT2D eigenvalue weighted by atomic mass is 10.1. The van der Waals surface area contributed by atoms with Crippen molar-refractivity contribution in [3.63, 3.8) is 0 Å². The van der Waals surface area contributed by atoms with Crippen molar-refractivity contribution in [3.05, 3.63) is 51.8 Å². The summed E-state index contributed by atoms with van der Waals surface area (Å²) in [6.07, 6.45) is -0.208. The van der Waals surface area contributed by atoms with E-state index < -0.39 is 24.1 Å². The number of hydrogen-bond acceptors (Lipinski definition) is 3. The highest BCUT2D eigenvalue weighted by Gasteiger charge is 2.47. The van der Waals surface area contributed by atoms with Gasteiger partial charge in [-0.2, -0.15) is 5.10 Å². The van der Waals surface area contributed by atoms with Crippen LogP contribution in [0.2, 0.25) is 5.02 Å². The molecule has 1 aromatic carbocycles. The molecule has 1 atom stereocenters. The number of halogens is 2. The van der Waals surface area contributed by atoms with E-state index in [0.717, 1.165) is 5.56 Å². The highest BCUT2D eigenvalue weighted by atomic mass is 35.5. The number of rotatable bonds is 4. The lowest BCUT2D eigenvalue weighted by Gasteiger charge is -2.18. The Kier molecular flexibility index (Phi) is 4.75. The van der Waals surface area contributed by atoms with Crippen LogP contribution in [-0.4, -0.2) is 50.4 Å². The first-order valence-corrected chi connectivity index (χ1v) is 8.60. The molecule has 8 heteroatoms. The van der Waals surface area contributed by atoms with E-state index in [4.69, 9.17) is 16.7 Å². The van der Waals surface area contributed by atoms with Crippen LogP contribution in [0.1, 0.15) is 33.7 Å². The van der Waals surface area contributed by atoms with Gasteiger partial charge < -0.3 is 10.0 Å². The Morgan fingerprint density at radius 1 is 1.35 bits per heavy atom. The molecule has 1 unspecified atom stereocenters. The summed E-state index contributed by atoms with van der Waals surface area (Å²) in [4.78, 5) is 25.1. The van der Waals surface area contributed by atoms with E-state index in [1.807, 2.05) is 18.2 Å². The van der Waals surface area contributed by atoms with Crippen molar-refractivity contribution in [1.29, 1.82) is 0 Å². The van der Waals surface area contributed by atoms with Gasteiger partial charge in [0.1, 0.15) is 0 Å². The van der Waals surface area contributed by atoms with E-state index >= 15 is 0 Å². The van der Waals surface area contributed by atoms with E-state index in [9.17, 15) is 14.0 Å². The van der Waals surface area contributed by atoms with Crippen molar-refractivity contribution in [2.24, 2.45) is 0 Å². The lowest BCUT2D eigenvalue weighted by molar-refractivity contribution is -0.149. The first-order chi connectivity index (χ1) is 12.2. The fourth-order valence-electron chi connectivity index (χ4n) is 3.23. The van der Waals surface area contributed by atoms with Gasteiger partial charge in [-0.05, 0) is 25.5 Å². The minimum atomic E-state index is -2.38. The number of aliphatic carboxylic acids is 1. The number of aromatic nitrogens is 2. The Morgan fingerprint density at radius 3 is 2.65 bits per heavy atom. The number of amides is 1. The second-order valence-electron chi connectivity index (χ2n) is 6.54. The number of alkyl halides is 1. The van der Waals surface area contributed by atoms with Gasteiger partial charge in [0.05, 0.1) is 24.3 Å². The average Bonchev–Trinajstić information content (AvgIpc) is 3.11. The SMILES string of the molecule is Cc1nn(Cc2ccccc2Cl)c(C)c1C(=O)N1CCC(F)(C(=O)O)C1. The molecule has 3 rings (SSSR count). The second-order valence-corrected chi connectivity index (χ2v) is 6.95. The summed E-state index contributed by atoms with van der Waals surface area (Å²) in [6, 6.07) is 7.37. The molecule has 1 aromatic heterocycles. The van der Waals surface area contributed by atoms with Crippen LogP contribution >= 0.6 is 11.6 Å². The summed E-state index contributed by atoms with van der Waals surface area (Å²) in [5, 5.41) is 14.0. The largest absolute Gasteiger partial charge is 0.479 e. The quantitative estimate of drug-likeness (QED) is 0.886. The van der Waals surface area contributed by atoms with E-state index in [1.165, 1.54) is 4.90 Å². The molecule has 2 aromatic rings. The number of aryl methyl sites for hydroxylation is 1. The number of nitrogens with zero attached hydrogens (tertiary/aromatic N) is 3. The van der Waals surface area contributed by atoms with Crippen molar-refractivity contribution in [1.82, 2.24) is 14.7 Å². The van der Waals surface area contributed by atoms with Gasteiger partial charge in [0, 0.05) is 23.7 Å². The highest BCUT2D eigenvalue weighted by molar-refractivity contribution is 6.31. The Labute approximate surface area is 155 Å². The Morgan fingerprint density at radius 2 is 2.04 bits per heavy atom. The van der Waals surface area contributed by atoms with Crippen LogP contribution in [-0.2, 0) is 11.3 Å². The number of benzene rings is 1. The Balaban J connectivity index is 1.86. The van der Waals surface area contributed by atoms with E-state index in [2.05, 4.69) is 5.10 Å². The minimum absolute atomic E-state index is 0.0657. The summed E-state index contributed by atoms with van der Waals surface area (Å²) < 4.78 is 16.0. The van der Waals surface area contributed by atoms with Crippen LogP contribution in [0.4, 0.5) is 4.39 Å². The summed E-state index contributed by atoms with van der Waals surface area (Å²) in [7, 11) is 0. The normalized spacial score (nSPS) is 19.8. The molecule has 0 radical (unpaired) electrons. The molecular formula is C18H19ClFN3O3. The third kappa shape index (κ3) is 3.19. The van der Waals surface area contributed by atoms with Gasteiger partial charge in [-0.3, -0.25) is 9.48 Å². The van der Waals surface area contributed by atoms with Crippen LogP contribution in [0.25, 0.3) is 0 Å². The third-order valence-corrected chi connectivity index (χ3v) is 5.13. The van der Waals surface area contributed by atoms with Crippen molar-refractivity contribution in [2.75, 3.05) is 13.1 Å². The molecule has 138 valence electrons. The molecule has 1 aliphatic heterocycles. The van der Waals surface area contributed by atoms with Crippen molar-refractivity contribution >= 4 is 23.5 Å². The number of carbonyl (C=O) groups excluding carboxylic acids is 1. The summed E-state index contributed by atoms with van der Waals surface area (Å²) >= 11 is 6.19. The zero-order valence-corrected chi connectivity index (χ0v) is 15.3. The molecule has 1 amide bonds. The zero-order chi connectivity index (χ0) is 19.1. The molecule has 26 heavy (non-hydrogen) atoms. The standard InChI is InChI=1S/C18H19ClFN3O3/c1-11-15(16(24)22-8-7-18(20,10-22)17(25)26)12(2)23(21-11)9-13-5-3-4-6-14(13)19/h3-6H,7-10H2,1-2H3,(H,25,26). The Bertz CT molecular complexity index is 883. The predicted molar refractivity (Wildman–Crippen MR) is 94.3 cm³/mol. The maximum Gasteiger partial charge on any atom is 0.343 e. The van der Waals surface area contributed by atoms with Crippen LogP contribution in [0.15, 0.2) is 24.3 Å². The fourth-order valence-corrected chi connectivity index (χ4v) is 3.42. The number of carboxylic acids is 1. The molecule has 1 aliphatic rings. The summed E-state index contributed by atoms with van der Waals surface area (Å²) in [5.41, 5.74) is 0.0241. The highest BCUT2D eigenvalue weighted by Crippen LogP contribution is 2.28. The van der Waals surface area contributed by atoms with Crippen molar-refractivity contribution in [3.8, 4) is 0 Å². The maximum atomic E-state index is 14.3. The number of carbonyl (C=O) groups is 2. The smallest absolute Gasteiger partial charge is 0.343 e. The van der Waals surface area contributed by atoms with E-state index in [1.54, 1.807) is 24.6 Å². The molecule has 0 aliphatic carbocycles. The lowest BCUT2D eigenvalue weighted by Crippen LogP contribution is -2.39. The maximum absolute atomic E-state index is 14.3. The zero-order valence-electron chi connectivity index (χ0n) is 14.5. The monoisotopic (exact) mass is 379 g/mol. The van der Waals surface area contributed by atoms with Gasteiger partial charge >= 0.3 is 5.97 Å². The molecule has 0 bridgehead atoms. The van der Waals surface area contributed by atoms with Crippen LogP contribution in [0, 0.1) is 13.8 Å². The molecule has 2 heterocycles.